The Hall–Kier alpha value is -8.30. The fourth-order valence-electron chi connectivity index (χ4n) is 9.23. The lowest BCUT2D eigenvalue weighted by atomic mass is 9.82. The van der Waals surface area contributed by atoms with Crippen molar-refractivity contribution in [3.63, 3.8) is 0 Å². The molecule has 2 N–H and O–H groups in total. The van der Waals surface area contributed by atoms with Gasteiger partial charge in [-0.1, -0.05) is 231 Å². The van der Waals surface area contributed by atoms with E-state index in [1.54, 1.807) is 0 Å². The Labute approximate surface area is 395 Å². The van der Waals surface area contributed by atoms with Crippen molar-refractivity contribution in [1.82, 2.24) is 10.6 Å². The minimum absolute atomic E-state index is 0.0942. The van der Waals surface area contributed by atoms with E-state index in [4.69, 9.17) is 0 Å². The van der Waals surface area contributed by atoms with Gasteiger partial charge in [-0.3, -0.25) is 5.32 Å². The maximum atomic E-state index is 4.49. The van der Waals surface area contributed by atoms with E-state index in [-0.39, 0.29) is 12.2 Å². The molecule has 10 aromatic rings. The highest BCUT2D eigenvalue weighted by Gasteiger charge is 2.23. The lowest BCUT2D eigenvalue weighted by Gasteiger charge is -2.28. The summed E-state index contributed by atoms with van der Waals surface area (Å²) in [5.41, 5.74) is 20.6. The molecule has 0 bridgehead atoms. The maximum absolute atomic E-state index is 4.49. The van der Waals surface area contributed by atoms with Crippen LogP contribution in [0, 0.1) is 0 Å². The summed E-state index contributed by atoms with van der Waals surface area (Å²) in [5, 5.41) is 7.79. The molecule has 0 saturated heterocycles. The van der Waals surface area contributed by atoms with E-state index in [9.17, 15) is 0 Å². The van der Waals surface area contributed by atoms with Crippen molar-refractivity contribution in [2.24, 2.45) is 0 Å². The van der Waals surface area contributed by atoms with Crippen molar-refractivity contribution in [3.05, 3.63) is 284 Å². The van der Waals surface area contributed by atoms with E-state index in [0.717, 1.165) is 44.6 Å². The molecule has 10 rings (SSSR count). The lowest BCUT2D eigenvalue weighted by molar-refractivity contribution is 0.440. The van der Waals surface area contributed by atoms with Crippen LogP contribution in [0.15, 0.2) is 267 Å². The number of hydrogen-bond donors (Lipinski definition) is 2. The van der Waals surface area contributed by atoms with Crippen LogP contribution in [-0.2, 0) is 0 Å². The number of rotatable bonds is 14. The van der Waals surface area contributed by atoms with E-state index < -0.39 is 0 Å². The molecule has 0 heterocycles. The molecule has 0 spiro atoms. The number of hydrogen-bond acceptors (Lipinski definition) is 2. The third-order valence-electron chi connectivity index (χ3n) is 12.7. The Bertz CT molecular complexity index is 3170. The summed E-state index contributed by atoms with van der Waals surface area (Å²) in [6.07, 6.45) is -0.225. The SMILES string of the molecule is C=C(NC(NC(C)c1cc(-c2cc(-c3ccccc3)cc(-c3ccccc3)c2)cc(-c2ccc(-c3ccccc3)c(-c3ccccc3)c2-c2ccccc2)c1)c1ccccc1)c1ccccc1. The lowest BCUT2D eigenvalue weighted by Crippen LogP contribution is -2.34. The molecule has 0 aliphatic carbocycles. The van der Waals surface area contributed by atoms with Gasteiger partial charge in [-0.25, -0.2) is 0 Å². The minimum atomic E-state index is -0.225. The topological polar surface area (TPSA) is 24.1 Å². The largest absolute Gasteiger partial charge is 0.366 e. The summed E-state index contributed by atoms with van der Waals surface area (Å²) in [6, 6.07) is 93.7. The smallest absolute Gasteiger partial charge is 0.104 e. The summed E-state index contributed by atoms with van der Waals surface area (Å²) in [4.78, 5) is 0. The van der Waals surface area contributed by atoms with Gasteiger partial charge < -0.3 is 5.32 Å². The first-order valence-corrected chi connectivity index (χ1v) is 23.1. The Balaban J connectivity index is 1.20. The quantitative estimate of drug-likeness (QED) is 0.106. The third-order valence-corrected chi connectivity index (χ3v) is 12.7. The average molecular weight is 861 g/mol. The van der Waals surface area contributed by atoms with Crippen LogP contribution in [0.2, 0.25) is 0 Å². The second-order valence-corrected chi connectivity index (χ2v) is 17.1. The fraction of sp³-hybridized carbons (Fsp3) is 0.0462. The predicted molar refractivity (Wildman–Crippen MR) is 284 cm³/mol. The van der Waals surface area contributed by atoms with Gasteiger partial charge in [0.2, 0.25) is 0 Å². The molecule has 322 valence electrons. The molecule has 2 nitrogen and oxygen atoms in total. The van der Waals surface area contributed by atoms with Crippen LogP contribution in [0.5, 0.6) is 0 Å². The minimum Gasteiger partial charge on any atom is -0.366 e. The Morgan fingerprint density at radius 1 is 0.328 bits per heavy atom. The van der Waals surface area contributed by atoms with Gasteiger partial charge in [0.05, 0.1) is 0 Å². The summed E-state index contributed by atoms with van der Waals surface area (Å²) in [7, 11) is 0. The van der Waals surface area contributed by atoms with E-state index in [0.29, 0.717) is 0 Å². The first-order chi connectivity index (χ1) is 33.1. The predicted octanol–water partition coefficient (Wildman–Crippen LogP) is 17.0. The maximum Gasteiger partial charge on any atom is 0.104 e. The molecule has 0 aliphatic heterocycles. The van der Waals surface area contributed by atoms with Crippen LogP contribution < -0.4 is 10.6 Å². The monoisotopic (exact) mass is 860 g/mol. The van der Waals surface area contributed by atoms with Crippen LogP contribution in [0.3, 0.4) is 0 Å². The summed E-state index contributed by atoms with van der Waals surface area (Å²) >= 11 is 0. The second kappa shape index (κ2) is 19.8. The Morgan fingerprint density at radius 2 is 0.672 bits per heavy atom. The van der Waals surface area contributed by atoms with E-state index in [1.807, 2.05) is 6.07 Å². The van der Waals surface area contributed by atoms with Gasteiger partial charge in [0.1, 0.15) is 6.17 Å². The molecule has 2 unspecified atom stereocenters. The highest BCUT2D eigenvalue weighted by molar-refractivity contribution is 6.02. The first-order valence-electron chi connectivity index (χ1n) is 23.1. The van der Waals surface area contributed by atoms with E-state index >= 15 is 0 Å². The summed E-state index contributed by atoms with van der Waals surface area (Å²) in [5.74, 6) is 0. The van der Waals surface area contributed by atoms with E-state index in [2.05, 4.69) is 279 Å². The van der Waals surface area contributed by atoms with Crippen molar-refractivity contribution in [3.8, 4) is 77.9 Å². The van der Waals surface area contributed by atoms with Crippen molar-refractivity contribution in [1.29, 1.82) is 0 Å². The molecule has 0 amide bonds. The summed E-state index contributed by atoms with van der Waals surface area (Å²) in [6.45, 7) is 6.77. The molecule has 2 heteroatoms. The van der Waals surface area contributed by atoms with Gasteiger partial charge in [-0.05, 0) is 138 Å². The average Bonchev–Trinajstić information content (AvgIpc) is 3.41. The van der Waals surface area contributed by atoms with E-state index in [1.165, 1.54) is 55.6 Å². The van der Waals surface area contributed by atoms with Gasteiger partial charge in [-0.2, -0.15) is 0 Å². The van der Waals surface area contributed by atoms with Crippen LogP contribution >= 0.6 is 0 Å². The van der Waals surface area contributed by atoms with Gasteiger partial charge in [0.25, 0.3) is 0 Å². The Kier molecular flexibility index (Phi) is 12.6. The third kappa shape index (κ3) is 9.58. The highest BCUT2D eigenvalue weighted by Crippen LogP contribution is 2.47. The second-order valence-electron chi connectivity index (χ2n) is 17.1. The van der Waals surface area contributed by atoms with Crippen molar-refractivity contribution < 1.29 is 0 Å². The molecule has 0 aliphatic rings. The van der Waals surface area contributed by atoms with Gasteiger partial charge in [0.15, 0.2) is 0 Å². The molecule has 0 aromatic heterocycles. The van der Waals surface area contributed by atoms with Gasteiger partial charge in [0, 0.05) is 11.7 Å². The van der Waals surface area contributed by atoms with Crippen molar-refractivity contribution >= 4 is 5.70 Å². The molecular formula is C65H52N2. The van der Waals surface area contributed by atoms with Crippen molar-refractivity contribution in [2.45, 2.75) is 19.1 Å². The van der Waals surface area contributed by atoms with Crippen LogP contribution in [-0.4, -0.2) is 0 Å². The van der Waals surface area contributed by atoms with Crippen molar-refractivity contribution in [2.75, 3.05) is 0 Å². The molecular weight excluding hydrogens is 809 g/mol. The molecule has 0 radical (unpaired) electrons. The van der Waals surface area contributed by atoms with Gasteiger partial charge >= 0.3 is 0 Å². The summed E-state index contributed by atoms with van der Waals surface area (Å²) < 4.78 is 0. The number of benzene rings is 10. The molecule has 0 fully saturated rings. The zero-order valence-electron chi connectivity index (χ0n) is 37.7. The zero-order chi connectivity index (χ0) is 45.4. The van der Waals surface area contributed by atoms with Crippen LogP contribution in [0.4, 0.5) is 0 Å². The number of nitrogens with one attached hydrogen (secondary N) is 2. The first kappa shape index (κ1) is 42.6. The van der Waals surface area contributed by atoms with Crippen LogP contribution in [0.25, 0.3) is 83.6 Å². The zero-order valence-corrected chi connectivity index (χ0v) is 37.7. The standard InChI is InChI=1S/C65H52N2/c1-46(48-24-10-3-11-25-48)66-65(54-36-22-9-23-37-54)67-47(2)55-40-58(59-43-56(49-26-12-4-13-27-49)42-57(44-59)50-28-14-5-15-29-50)45-60(41-55)62-39-38-61(51-30-16-6-17-31-51)63(52-32-18-7-19-33-52)64(62)53-34-20-8-21-35-53/h3-45,47,65-67H,1H2,2H3. The van der Waals surface area contributed by atoms with Crippen LogP contribution in [0.1, 0.15) is 35.8 Å². The highest BCUT2D eigenvalue weighted by atomic mass is 15.1. The normalized spacial score (nSPS) is 12.0. The fourth-order valence-corrected chi connectivity index (χ4v) is 9.23. The molecule has 67 heavy (non-hydrogen) atoms. The Morgan fingerprint density at radius 3 is 1.15 bits per heavy atom. The molecule has 0 saturated carbocycles. The molecule has 2 atom stereocenters. The molecule has 10 aromatic carbocycles. The van der Waals surface area contributed by atoms with Gasteiger partial charge in [-0.15, -0.1) is 0 Å².